The molecule has 4 rings (SSSR count). The Bertz CT molecular complexity index is 1090. The quantitative estimate of drug-likeness (QED) is 0.684. The van der Waals surface area contributed by atoms with E-state index in [1.165, 1.54) is 4.90 Å². The van der Waals surface area contributed by atoms with E-state index in [1.54, 1.807) is 44.2 Å². The Kier molecular flexibility index (Phi) is 4.91. The van der Waals surface area contributed by atoms with Crippen molar-refractivity contribution in [2.45, 2.75) is 25.3 Å². The number of carbonyl (C=O) groups is 2. The first kappa shape index (κ1) is 20.5. The summed E-state index contributed by atoms with van der Waals surface area (Å²) in [5.74, 6) is -1.79. The van der Waals surface area contributed by atoms with E-state index in [9.17, 15) is 23.1 Å². The maximum absolute atomic E-state index is 13.0. The molecule has 2 aromatic rings. The molecule has 2 N–H and O–H groups in total. The van der Waals surface area contributed by atoms with E-state index in [0.29, 0.717) is 11.6 Å². The van der Waals surface area contributed by atoms with Crippen molar-refractivity contribution in [2.24, 2.45) is 5.92 Å². The molecule has 0 spiro atoms. The normalized spacial score (nSPS) is 27.3. The van der Waals surface area contributed by atoms with Crippen LogP contribution in [0.1, 0.15) is 24.2 Å². The van der Waals surface area contributed by atoms with Gasteiger partial charge in [-0.2, -0.15) is 17.4 Å². The van der Waals surface area contributed by atoms with Crippen LogP contribution in [-0.2, 0) is 19.8 Å². The number of carbonyl (C=O) groups excluding carboxylic acids is 1. The van der Waals surface area contributed by atoms with Crippen LogP contribution in [0.25, 0.3) is 0 Å². The lowest BCUT2D eigenvalue weighted by atomic mass is 10.1. The molecule has 2 aliphatic rings. The number of carboxylic acids is 1. The lowest BCUT2D eigenvalue weighted by molar-refractivity contribution is -0.140. The summed E-state index contributed by atoms with van der Waals surface area (Å²) in [6.45, 7) is 3.07. The Labute approximate surface area is 173 Å². The molecular weight excluding hydrogens is 412 g/mol. The summed E-state index contributed by atoms with van der Waals surface area (Å²) in [4.78, 5) is 26.0. The lowest BCUT2D eigenvalue weighted by Gasteiger charge is -2.33. The number of piperazine rings is 1. The number of aryl methyl sites for hydroxylation is 1. The van der Waals surface area contributed by atoms with E-state index in [0.717, 1.165) is 9.87 Å². The molecule has 0 bridgehead atoms. The zero-order valence-corrected chi connectivity index (χ0v) is 17.3. The molecule has 1 aliphatic carbocycles. The van der Waals surface area contributed by atoms with Crippen LogP contribution >= 0.6 is 0 Å². The Morgan fingerprint density at radius 2 is 2.00 bits per heavy atom. The van der Waals surface area contributed by atoms with E-state index in [2.05, 4.69) is 9.88 Å². The number of nitrogens with one attached hydrogen (secondary N) is 1. The Morgan fingerprint density at radius 1 is 1.30 bits per heavy atom. The fourth-order valence-electron chi connectivity index (χ4n) is 4.16. The number of hydrogen-bond acceptors (Lipinski definition) is 6. The van der Waals surface area contributed by atoms with Crippen LogP contribution in [0.15, 0.2) is 40.9 Å². The summed E-state index contributed by atoms with van der Waals surface area (Å²) in [5, 5.41) is 13.7. The molecule has 30 heavy (non-hydrogen) atoms. The molecule has 10 nitrogen and oxygen atoms in total. The number of hydrogen-bond donors (Lipinski definition) is 2. The third-order valence-electron chi connectivity index (χ3n) is 5.83. The van der Waals surface area contributed by atoms with Crippen molar-refractivity contribution in [3.05, 3.63) is 47.7 Å². The van der Waals surface area contributed by atoms with Gasteiger partial charge in [-0.1, -0.05) is 42.4 Å². The maximum atomic E-state index is 13.0. The van der Waals surface area contributed by atoms with Gasteiger partial charge in [0, 0.05) is 25.1 Å². The summed E-state index contributed by atoms with van der Waals surface area (Å²) in [6.07, 6.45) is 0. The Balaban J connectivity index is 1.53. The fraction of sp³-hybridized carbons (Fsp3) is 0.421. The van der Waals surface area contributed by atoms with Gasteiger partial charge in [0.2, 0.25) is 5.91 Å². The van der Waals surface area contributed by atoms with Gasteiger partial charge in [-0.3, -0.25) is 14.5 Å². The average Bonchev–Trinajstić information content (AvgIpc) is 3.04. The highest BCUT2D eigenvalue weighted by Gasteiger charge is 2.70. The van der Waals surface area contributed by atoms with Gasteiger partial charge in [0.1, 0.15) is 11.3 Å². The minimum Gasteiger partial charge on any atom is -0.480 e. The molecule has 1 saturated heterocycles. The molecule has 2 heterocycles. The van der Waals surface area contributed by atoms with E-state index < -0.39 is 46.0 Å². The zero-order chi connectivity index (χ0) is 21.7. The number of amides is 1. The highest BCUT2D eigenvalue weighted by atomic mass is 32.2. The smallest absolute Gasteiger partial charge is 0.325 e. The maximum Gasteiger partial charge on any atom is 0.325 e. The summed E-state index contributed by atoms with van der Waals surface area (Å²) < 4.78 is 34.3. The highest BCUT2D eigenvalue weighted by molar-refractivity contribution is 7.87. The summed E-state index contributed by atoms with van der Waals surface area (Å²) in [7, 11) is -4.22. The van der Waals surface area contributed by atoms with Crippen molar-refractivity contribution in [3.8, 4) is 0 Å². The molecule has 160 valence electrons. The molecule has 0 radical (unpaired) electrons. The van der Waals surface area contributed by atoms with Crippen LogP contribution in [0, 0.1) is 12.8 Å². The van der Waals surface area contributed by atoms with Gasteiger partial charge in [-0.05, 0) is 18.4 Å². The van der Waals surface area contributed by atoms with Crippen LogP contribution < -0.4 is 9.62 Å². The number of nitrogens with zero attached hydrogens (tertiary/aromatic N) is 3. The van der Waals surface area contributed by atoms with Crippen molar-refractivity contribution in [1.29, 1.82) is 0 Å². The molecule has 11 heteroatoms. The summed E-state index contributed by atoms with van der Waals surface area (Å²) in [6, 6.07) is 10.5. The SMILES string of the molecule is Cc1cc(N2CCN(S(=O)(=O)N[C@@]3(C(=O)O)[C@H](C)[C@@H]3c3ccccc3)CC2=O)no1. The number of anilines is 1. The van der Waals surface area contributed by atoms with Crippen molar-refractivity contribution in [3.63, 3.8) is 0 Å². The third-order valence-corrected chi connectivity index (χ3v) is 7.42. The van der Waals surface area contributed by atoms with E-state index in [1.807, 2.05) is 6.07 Å². The van der Waals surface area contributed by atoms with Gasteiger partial charge in [0.25, 0.3) is 10.2 Å². The van der Waals surface area contributed by atoms with Gasteiger partial charge >= 0.3 is 5.97 Å². The minimum absolute atomic E-state index is 0.00701. The molecule has 1 aliphatic heterocycles. The van der Waals surface area contributed by atoms with Crippen molar-refractivity contribution < 1.29 is 27.6 Å². The topological polar surface area (TPSA) is 133 Å². The first-order chi connectivity index (χ1) is 14.2. The standard InChI is InChI=1S/C19H22N4O6S/c1-12-10-15(20-29-12)23-9-8-22(11-16(23)24)30(27,28)21-19(18(25)26)13(2)17(19)14-6-4-3-5-7-14/h3-7,10,13,17,21H,8-9,11H2,1-2H3,(H,25,26)/t13-,17-,19+/m1/s1. The van der Waals surface area contributed by atoms with Crippen molar-refractivity contribution >= 4 is 27.9 Å². The van der Waals surface area contributed by atoms with Crippen LogP contribution in [0.2, 0.25) is 0 Å². The number of rotatable bonds is 6. The van der Waals surface area contributed by atoms with Gasteiger partial charge < -0.3 is 9.63 Å². The predicted octanol–water partition coefficient (Wildman–Crippen LogP) is 0.723. The zero-order valence-electron chi connectivity index (χ0n) is 16.5. The monoisotopic (exact) mass is 434 g/mol. The van der Waals surface area contributed by atoms with Crippen molar-refractivity contribution in [1.82, 2.24) is 14.2 Å². The summed E-state index contributed by atoms with van der Waals surface area (Å²) >= 11 is 0. The van der Waals surface area contributed by atoms with Gasteiger partial charge in [0.05, 0.1) is 6.54 Å². The van der Waals surface area contributed by atoms with Gasteiger partial charge in [-0.15, -0.1) is 0 Å². The van der Waals surface area contributed by atoms with Gasteiger partial charge in [-0.25, -0.2) is 0 Å². The largest absolute Gasteiger partial charge is 0.480 e. The summed E-state index contributed by atoms with van der Waals surface area (Å²) in [5.41, 5.74) is -0.902. The van der Waals surface area contributed by atoms with Crippen LogP contribution in [0.3, 0.4) is 0 Å². The van der Waals surface area contributed by atoms with Crippen LogP contribution in [0.5, 0.6) is 0 Å². The average molecular weight is 434 g/mol. The van der Waals surface area contributed by atoms with Crippen LogP contribution in [-0.4, -0.2) is 60.0 Å². The van der Waals surface area contributed by atoms with Gasteiger partial charge in [0.15, 0.2) is 5.82 Å². The second-order valence-corrected chi connectivity index (χ2v) is 9.30. The fourth-order valence-corrected chi connectivity index (χ4v) is 5.72. The number of benzene rings is 1. The number of aromatic nitrogens is 1. The molecule has 1 saturated carbocycles. The van der Waals surface area contributed by atoms with E-state index in [4.69, 9.17) is 4.52 Å². The number of aliphatic carboxylic acids is 1. The van der Waals surface area contributed by atoms with E-state index in [-0.39, 0.29) is 13.1 Å². The highest BCUT2D eigenvalue weighted by Crippen LogP contribution is 2.57. The molecule has 2 fully saturated rings. The minimum atomic E-state index is -4.22. The van der Waals surface area contributed by atoms with Crippen LogP contribution in [0.4, 0.5) is 5.82 Å². The first-order valence-electron chi connectivity index (χ1n) is 9.48. The lowest BCUT2D eigenvalue weighted by Crippen LogP contribution is -2.58. The third kappa shape index (κ3) is 3.28. The van der Waals surface area contributed by atoms with E-state index >= 15 is 0 Å². The molecule has 3 atom stereocenters. The second-order valence-electron chi connectivity index (χ2n) is 7.63. The Morgan fingerprint density at radius 3 is 2.57 bits per heavy atom. The second kappa shape index (κ2) is 7.18. The molecule has 1 amide bonds. The first-order valence-corrected chi connectivity index (χ1v) is 10.9. The molecule has 1 aromatic carbocycles. The molecule has 0 unspecified atom stereocenters. The Hall–Kier alpha value is -2.76. The molecular formula is C19H22N4O6S. The molecule has 1 aromatic heterocycles. The number of carboxylic acid groups (broad SMARTS) is 1. The van der Waals surface area contributed by atoms with Crippen molar-refractivity contribution in [2.75, 3.05) is 24.5 Å². The predicted molar refractivity (Wildman–Crippen MR) is 106 cm³/mol.